The summed E-state index contributed by atoms with van der Waals surface area (Å²) >= 11 is 0. The van der Waals surface area contributed by atoms with Crippen molar-refractivity contribution in [2.24, 2.45) is 5.73 Å². The fourth-order valence-corrected chi connectivity index (χ4v) is 3.50. The lowest BCUT2D eigenvalue weighted by Gasteiger charge is -2.28. The molecular formula is C19H16N2O4. The van der Waals surface area contributed by atoms with Crippen LogP contribution >= 0.6 is 0 Å². The van der Waals surface area contributed by atoms with E-state index in [1.807, 2.05) is 12.1 Å². The number of para-hydroxylation sites is 1. The predicted molar refractivity (Wildman–Crippen MR) is 90.1 cm³/mol. The molecule has 2 N–H and O–H groups in total. The highest BCUT2D eigenvalue weighted by Gasteiger charge is 2.40. The molecular weight excluding hydrogens is 320 g/mol. The number of primary amides is 1. The van der Waals surface area contributed by atoms with E-state index in [4.69, 9.17) is 10.5 Å². The molecule has 2 aromatic carbocycles. The minimum absolute atomic E-state index is 0.170. The molecule has 0 bridgehead atoms. The van der Waals surface area contributed by atoms with Crippen molar-refractivity contribution in [1.29, 1.82) is 0 Å². The van der Waals surface area contributed by atoms with E-state index in [-0.39, 0.29) is 12.5 Å². The number of hydrogen-bond acceptors (Lipinski definition) is 4. The van der Waals surface area contributed by atoms with Crippen molar-refractivity contribution < 1.29 is 19.1 Å². The summed E-state index contributed by atoms with van der Waals surface area (Å²) in [6.45, 7) is 0.170. The number of benzene rings is 2. The van der Waals surface area contributed by atoms with E-state index in [2.05, 4.69) is 0 Å². The highest BCUT2D eigenvalue weighted by Crippen LogP contribution is 2.37. The summed E-state index contributed by atoms with van der Waals surface area (Å²) in [7, 11) is 0. The number of nitrogens with zero attached hydrogens (tertiary/aromatic N) is 1. The van der Waals surface area contributed by atoms with Crippen molar-refractivity contribution in [2.75, 3.05) is 11.4 Å². The van der Waals surface area contributed by atoms with Crippen molar-refractivity contribution in [3.63, 3.8) is 0 Å². The smallest absolute Gasteiger partial charge is 0.339 e. The summed E-state index contributed by atoms with van der Waals surface area (Å²) in [6.07, 6.45) is -0.581. The Bertz CT molecular complexity index is 892. The third kappa shape index (κ3) is 2.46. The zero-order valence-electron chi connectivity index (χ0n) is 13.3. The Morgan fingerprint density at radius 3 is 2.60 bits per heavy atom. The lowest BCUT2D eigenvalue weighted by atomic mass is 9.98. The van der Waals surface area contributed by atoms with Gasteiger partial charge in [-0.05, 0) is 23.3 Å². The Kier molecular flexibility index (Phi) is 3.53. The van der Waals surface area contributed by atoms with Crippen LogP contribution in [0, 0.1) is 0 Å². The highest BCUT2D eigenvalue weighted by molar-refractivity contribution is 6.04. The Labute approximate surface area is 144 Å². The minimum atomic E-state index is -0.901. The third-order valence-corrected chi connectivity index (χ3v) is 4.74. The maximum Gasteiger partial charge on any atom is 0.339 e. The quantitative estimate of drug-likeness (QED) is 0.839. The van der Waals surface area contributed by atoms with Crippen LogP contribution in [0.4, 0.5) is 5.69 Å². The number of fused-ring (bicyclic) bond motifs is 2. The lowest BCUT2D eigenvalue weighted by Crippen LogP contribution is -2.44. The summed E-state index contributed by atoms with van der Waals surface area (Å²) in [4.78, 5) is 38.4. The van der Waals surface area contributed by atoms with Crippen LogP contribution in [-0.2, 0) is 20.7 Å². The Morgan fingerprint density at radius 1 is 1.08 bits per heavy atom. The van der Waals surface area contributed by atoms with Gasteiger partial charge in [-0.1, -0.05) is 36.4 Å². The lowest BCUT2D eigenvalue weighted by molar-refractivity contribution is -0.127. The molecule has 2 aromatic rings. The van der Waals surface area contributed by atoms with E-state index in [1.54, 1.807) is 36.4 Å². The van der Waals surface area contributed by atoms with Crippen LogP contribution in [-0.4, -0.2) is 30.4 Å². The van der Waals surface area contributed by atoms with Gasteiger partial charge in [-0.25, -0.2) is 4.79 Å². The molecule has 25 heavy (non-hydrogen) atoms. The average molecular weight is 336 g/mol. The normalized spacial score (nSPS) is 21.3. The number of amides is 2. The van der Waals surface area contributed by atoms with Gasteiger partial charge in [0.15, 0.2) is 6.10 Å². The molecule has 0 fully saturated rings. The van der Waals surface area contributed by atoms with Gasteiger partial charge in [0.25, 0.3) is 5.91 Å². The second-order valence-electron chi connectivity index (χ2n) is 6.22. The molecule has 2 amide bonds. The molecule has 126 valence electrons. The summed E-state index contributed by atoms with van der Waals surface area (Å²) in [6, 6.07) is 14.3. The number of hydrogen-bond donors (Lipinski definition) is 1. The number of esters is 1. The molecule has 0 aliphatic carbocycles. The summed E-state index contributed by atoms with van der Waals surface area (Å²) in [5, 5.41) is 0. The van der Waals surface area contributed by atoms with Crippen LogP contribution < -0.4 is 10.6 Å². The maximum atomic E-state index is 13.0. The molecule has 0 aromatic heterocycles. The van der Waals surface area contributed by atoms with E-state index in [1.165, 1.54) is 4.90 Å². The first-order valence-corrected chi connectivity index (χ1v) is 8.05. The van der Waals surface area contributed by atoms with Crippen LogP contribution in [0.2, 0.25) is 0 Å². The fraction of sp³-hybridized carbons (Fsp3) is 0.211. The molecule has 6 heteroatoms. The summed E-state index contributed by atoms with van der Waals surface area (Å²) in [5.74, 6) is -1.86. The van der Waals surface area contributed by atoms with Crippen LogP contribution in [0.3, 0.4) is 0 Å². The minimum Gasteiger partial charge on any atom is -0.448 e. The van der Waals surface area contributed by atoms with Gasteiger partial charge in [0, 0.05) is 18.7 Å². The molecule has 0 spiro atoms. The SMILES string of the molecule is NC(=O)[C@H]1CN(C(=O)[C@@H]2Cc3ccccc3C(=O)O2)c2ccccc21. The van der Waals surface area contributed by atoms with Gasteiger partial charge in [0.05, 0.1) is 11.5 Å². The molecule has 2 aliphatic heterocycles. The molecule has 4 rings (SSSR count). The van der Waals surface area contributed by atoms with Gasteiger partial charge in [0.1, 0.15) is 0 Å². The standard InChI is InChI=1S/C19H16N2O4/c20-17(22)14-10-21(15-8-4-3-7-13(14)15)18(23)16-9-11-5-1-2-6-12(11)19(24)25-16/h1-8,14,16H,9-10H2,(H2,20,22)/t14-,16-/m0/s1. The number of rotatable bonds is 2. The van der Waals surface area contributed by atoms with Gasteiger partial charge in [0.2, 0.25) is 5.91 Å². The van der Waals surface area contributed by atoms with Gasteiger partial charge >= 0.3 is 5.97 Å². The van der Waals surface area contributed by atoms with Crippen molar-refractivity contribution >= 4 is 23.5 Å². The van der Waals surface area contributed by atoms with E-state index >= 15 is 0 Å². The van der Waals surface area contributed by atoms with Crippen LogP contribution in [0.25, 0.3) is 0 Å². The van der Waals surface area contributed by atoms with Crippen LogP contribution in [0.5, 0.6) is 0 Å². The number of cyclic esters (lactones) is 1. The van der Waals surface area contributed by atoms with Crippen molar-refractivity contribution in [2.45, 2.75) is 18.4 Å². The second-order valence-corrected chi connectivity index (χ2v) is 6.22. The predicted octanol–water partition coefficient (Wildman–Crippen LogP) is 1.38. The van der Waals surface area contributed by atoms with Crippen molar-refractivity contribution in [1.82, 2.24) is 0 Å². The first-order chi connectivity index (χ1) is 12.1. The zero-order valence-corrected chi connectivity index (χ0v) is 13.3. The van der Waals surface area contributed by atoms with E-state index in [0.29, 0.717) is 17.7 Å². The number of nitrogens with two attached hydrogens (primary N) is 1. The summed E-state index contributed by atoms with van der Waals surface area (Å²) in [5.41, 5.74) is 8.13. The molecule has 0 saturated heterocycles. The third-order valence-electron chi connectivity index (χ3n) is 4.74. The number of anilines is 1. The largest absolute Gasteiger partial charge is 0.448 e. The maximum absolute atomic E-state index is 13.0. The summed E-state index contributed by atoms with van der Waals surface area (Å²) < 4.78 is 5.35. The topological polar surface area (TPSA) is 89.7 Å². The molecule has 0 saturated carbocycles. The number of carbonyl (C=O) groups is 3. The fourth-order valence-electron chi connectivity index (χ4n) is 3.50. The highest BCUT2D eigenvalue weighted by atomic mass is 16.5. The Hall–Kier alpha value is -3.15. The Balaban J connectivity index is 1.65. The monoisotopic (exact) mass is 336 g/mol. The van der Waals surface area contributed by atoms with Crippen LogP contribution in [0.15, 0.2) is 48.5 Å². The molecule has 0 radical (unpaired) electrons. The first-order valence-electron chi connectivity index (χ1n) is 8.05. The number of carbonyl (C=O) groups excluding carboxylic acids is 3. The van der Waals surface area contributed by atoms with Gasteiger partial charge < -0.3 is 15.4 Å². The molecule has 0 unspecified atom stereocenters. The molecule has 2 atom stereocenters. The zero-order chi connectivity index (χ0) is 17.6. The Morgan fingerprint density at radius 2 is 1.80 bits per heavy atom. The van der Waals surface area contributed by atoms with Gasteiger partial charge in [-0.2, -0.15) is 0 Å². The van der Waals surface area contributed by atoms with Crippen molar-refractivity contribution in [3.8, 4) is 0 Å². The number of ether oxygens (including phenoxy) is 1. The van der Waals surface area contributed by atoms with Gasteiger partial charge in [-0.3, -0.25) is 9.59 Å². The van der Waals surface area contributed by atoms with E-state index < -0.39 is 23.9 Å². The van der Waals surface area contributed by atoms with E-state index in [0.717, 1.165) is 11.1 Å². The van der Waals surface area contributed by atoms with Gasteiger partial charge in [-0.15, -0.1) is 0 Å². The average Bonchev–Trinajstić information content (AvgIpc) is 3.01. The molecule has 2 heterocycles. The molecule has 2 aliphatic rings. The second kappa shape index (κ2) is 5.73. The van der Waals surface area contributed by atoms with E-state index in [9.17, 15) is 14.4 Å². The van der Waals surface area contributed by atoms with Crippen molar-refractivity contribution in [3.05, 3.63) is 65.2 Å². The van der Waals surface area contributed by atoms with Crippen LogP contribution in [0.1, 0.15) is 27.4 Å². The molecule has 6 nitrogen and oxygen atoms in total. The first kappa shape index (κ1) is 15.4.